The van der Waals surface area contributed by atoms with Crippen LogP contribution in [0.5, 0.6) is 0 Å². The first kappa shape index (κ1) is 19.2. The van der Waals surface area contributed by atoms with Gasteiger partial charge in [-0.25, -0.2) is 4.67 Å². The quantitative estimate of drug-likeness (QED) is 0.667. The summed E-state index contributed by atoms with van der Waals surface area (Å²) in [7, 11) is -0.487. The van der Waals surface area contributed by atoms with E-state index in [0.717, 1.165) is 25.9 Å². The topological polar surface area (TPSA) is 32.8 Å². The summed E-state index contributed by atoms with van der Waals surface area (Å²) < 4.78 is 22.5. The number of hydrogen-bond acceptors (Lipinski definition) is 3. The minimum absolute atomic E-state index is 0.123. The summed E-state index contributed by atoms with van der Waals surface area (Å²) >= 11 is 0. The van der Waals surface area contributed by atoms with Crippen molar-refractivity contribution in [3.63, 3.8) is 0 Å². The Balaban J connectivity index is 1.78. The smallest absolute Gasteiger partial charge is 0.176 e. The maximum atomic E-state index is 14.6. The van der Waals surface area contributed by atoms with Crippen LogP contribution in [-0.4, -0.2) is 43.7 Å². The minimum Gasteiger partial charge on any atom is -0.379 e. The van der Waals surface area contributed by atoms with Crippen LogP contribution in [0.3, 0.4) is 0 Å². The van der Waals surface area contributed by atoms with Gasteiger partial charge >= 0.3 is 0 Å². The predicted molar refractivity (Wildman–Crippen MR) is 113 cm³/mol. The average molecular weight is 388 g/mol. The molecule has 0 unspecified atom stereocenters. The summed E-state index contributed by atoms with van der Waals surface area (Å²) in [5.41, 5.74) is 3.94. The molecule has 1 aromatic carbocycles. The lowest BCUT2D eigenvalue weighted by Gasteiger charge is -2.40. The molecule has 0 aromatic heterocycles. The number of hydrogen-bond donors (Lipinski definition) is 0. The number of para-hydroxylation sites is 1. The molecule has 148 valence electrons. The fourth-order valence-electron chi connectivity index (χ4n) is 5.14. The fourth-order valence-corrected chi connectivity index (χ4v) is 8.72. The van der Waals surface area contributed by atoms with Crippen molar-refractivity contribution in [1.29, 1.82) is 0 Å². The molecule has 0 amide bonds. The largest absolute Gasteiger partial charge is 0.379 e. The van der Waals surface area contributed by atoms with Crippen molar-refractivity contribution in [3.05, 3.63) is 41.3 Å². The van der Waals surface area contributed by atoms with Crippen molar-refractivity contribution < 1.29 is 9.30 Å². The van der Waals surface area contributed by atoms with E-state index in [-0.39, 0.29) is 5.41 Å². The SMILES string of the molecule is CN1/C(=C\[P@@](=O)(C2CCCCC2)N2CCOCC2)C(C)(C)c2ccccc21. The molecule has 0 N–H and O–H groups in total. The summed E-state index contributed by atoms with van der Waals surface area (Å²) in [6.45, 7) is 7.50. The molecule has 4 nitrogen and oxygen atoms in total. The van der Waals surface area contributed by atoms with Crippen LogP contribution < -0.4 is 4.90 Å². The van der Waals surface area contributed by atoms with E-state index in [0.29, 0.717) is 18.9 Å². The van der Waals surface area contributed by atoms with Crippen LogP contribution in [0.25, 0.3) is 0 Å². The van der Waals surface area contributed by atoms with Gasteiger partial charge in [-0.15, -0.1) is 0 Å². The van der Waals surface area contributed by atoms with Gasteiger partial charge in [0.1, 0.15) is 0 Å². The lowest BCUT2D eigenvalue weighted by molar-refractivity contribution is 0.0718. The number of likely N-dealkylation sites (N-methyl/N-ethyl adjacent to an activating group) is 1. The highest BCUT2D eigenvalue weighted by Gasteiger charge is 2.44. The molecule has 1 saturated carbocycles. The van der Waals surface area contributed by atoms with Crippen LogP contribution in [0, 0.1) is 0 Å². The van der Waals surface area contributed by atoms with E-state index in [9.17, 15) is 4.57 Å². The van der Waals surface area contributed by atoms with Gasteiger partial charge in [0, 0.05) is 48.4 Å². The Bertz CT molecular complexity index is 739. The third kappa shape index (κ3) is 3.30. The maximum Gasteiger partial charge on any atom is 0.176 e. The highest BCUT2D eigenvalue weighted by Crippen LogP contribution is 2.62. The normalized spacial score (nSPS) is 27.5. The summed E-state index contributed by atoms with van der Waals surface area (Å²) in [5, 5.41) is 0. The number of anilines is 1. The zero-order valence-corrected chi connectivity index (χ0v) is 17.9. The average Bonchev–Trinajstić information content (AvgIpc) is 2.90. The Morgan fingerprint density at radius 2 is 1.78 bits per heavy atom. The molecule has 0 radical (unpaired) electrons. The summed E-state index contributed by atoms with van der Waals surface area (Å²) in [5.74, 6) is 2.20. The van der Waals surface area contributed by atoms with Crippen molar-refractivity contribution >= 4 is 13.0 Å². The molecule has 3 aliphatic rings. The second-order valence-corrected chi connectivity index (χ2v) is 11.6. The lowest BCUT2D eigenvalue weighted by Crippen LogP contribution is -2.37. The van der Waals surface area contributed by atoms with Crippen LogP contribution in [0.1, 0.15) is 51.5 Å². The van der Waals surface area contributed by atoms with Gasteiger partial charge in [-0.05, 0) is 24.5 Å². The molecule has 2 aliphatic heterocycles. The first-order valence-corrected chi connectivity index (χ1v) is 12.2. The minimum atomic E-state index is -2.62. The van der Waals surface area contributed by atoms with E-state index >= 15 is 0 Å². The van der Waals surface area contributed by atoms with Gasteiger partial charge in [-0.2, -0.15) is 0 Å². The zero-order chi connectivity index (χ0) is 19.1. The summed E-state index contributed by atoms with van der Waals surface area (Å²) in [6.07, 6.45) is 5.89. The lowest BCUT2D eigenvalue weighted by atomic mass is 9.84. The third-order valence-corrected chi connectivity index (χ3v) is 10.2. The second kappa shape index (κ2) is 7.39. The van der Waals surface area contributed by atoms with Crippen LogP contribution in [0.15, 0.2) is 35.8 Å². The van der Waals surface area contributed by atoms with Gasteiger partial charge in [-0.3, -0.25) is 0 Å². The van der Waals surface area contributed by atoms with Crippen molar-refractivity contribution in [1.82, 2.24) is 4.67 Å². The molecule has 1 atom stereocenters. The summed E-state index contributed by atoms with van der Waals surface area (Å²) in [6, 6.07) is 8.60. The van der Waals surface area contributed by atoms with Crippen LogP contribution >= 0.6 is 7.29 Å². The highest BCUT2D eigenvalue weighted by atomic mass is 31.2. The molecule has 0 bridgehead atoms. The number of ether oxygens (including phenoxy) is 1. The molecular formula is C22H33N2O2P. The molecule has 0 spiro atoms. The number of benzene rings is 1. The molecule has 1 saturated heterocycles. The van der Waals surface area contributed by atoms with Gasteiger partial charge < -0.3 is 14.2 Å². The van der Waals surface area contributed by atoms with Gasteiger partial charge in [0.05, 0.1) is 13.2 Å². The van der Waals surface area contributed by atoms with Gasteiger partial charge in [-0.1, -0.05) is 51.3 Å². The van der Waals surface area contributed by atoms with Gasteiger partial charge in [0.25, 0.3) is 0 Å². The van der Waals surface area contributed by atoms with Gasteiger partial charge in [0.2, 0.25) is 0 Å². The Morgan fingerprint density at radius 1 is 1.11 bits per heavy atom. The Morgan fingerprint density at radius 3 is 2.44 bits per heavy atom. The standard InChI is InChI=1S/C22H33N2O2P/c1-22(2)19-11-7-8-12-20(19)23(3)21(22)17-27(25,18-9-5-4-6-10-18)24-13-15-26-16-14-24/h7-8,11-12,17-18H,4-6,9-10,13-16H2,1-3H3/b21-17-/t27-/m1/s1. The fraction of sp³-hybridized carbons (Fsp3) is 0.636. The van der Waals surface area contributed by atoms with E-state index in [1.54, 1.807) is 0 Å². The van der Waals surface area contributed by atoms with Gasteiger partial charge in [0.15, 0.2) is 7.29 Å². The number of fused-ring (bicyclic) bond motifs is 1. The Kier molecular flexibility index (Phi) is 5.26. The number of rotatable bonds is 3. The van der Waals surface area contributed by atoms with E-state index in [1.807, 2.05) is 0 Å². The van der Waals surface area contributed by atoms with Crippen LogP contribution in [0.2, 0.25) is 0 Å². The monoisotopic (exact) mass is 388 g/mol. The second-order valence-electron chi connectivity index (χ2n) is 8.75. The first-order chi connectivity index (χ1) is 12.9. The van der Waals surface area contributed by atoms with E-state index < -0.39 is 7.29 Å². The maximum absolute atomic E-state index is 14.6. The molecule has 5 heteroatoms. The molecule has 27 heavy (non-hydrogen) atoms. The zero-order valence-electron chi connectivity index (χ0n) is 17.0. The first-order valence-electron chi connectivity index (χ1n) is 10.4. The molecule has 1 aromatic rings. The van der Waals surface area contributed by atoms with Crippen molar-refractivity contribution in [2.24, 2.45) is 0 Å². The third-order valence-electron chi connectivity index (χ3n) is 6.78. The van der Waals surface area contributed by atoms with E-state index in [2.05, 4.69) is 60.5 Å². The van der Waals surface area contributed by atoms with E-state index in [1.165, 1.54) is 36.2 Å². The number of nitrogens with zero attached hydrogens (tertiary/aromatic N) is 2. The molecule has 2 heterocycles. The number of allylic oxidation sites excluding steroid dienone is 1. The molecule has 2 fully saturated rings. The van der Waals surface area contributed by atoms with E-state index in [4.69, 9.17) is 4.74 Å². The molecular weight excluding hydrogens is 355 g/mol. The van der Waals surface area contributed by atoms with Crippen molar-refractivity contribution in [3.8, 4) is 0 Å². The van der Waals surface area contributed by atoms with Crippen LogP contribution in [-0.2, 0) is 14.7 Å². The predicted octanol–water partition coefficient (Wildman–Crippen LogP) is 5.20. The highest BCUT2D eigenvalue weighted by molar-refractivity contribution is 7.65. The molecule has 1 aliphatic carbocycles. The Labute approximate surface area is 164 Å². The van der Waals surface area contributed by atoms with Crippen molar-refractivity contribution in [2.75, 3.05) is 38.3 Å². The number of morpholine rings is 1. The summed E-state index contributed by atoms with van der Waals surface area (Å²) in [4.78, 5) is 2.27. The van der Waals surface area contributed by atoms with Crippen LogP contribution in [0.4, 0.5) is 5.69 Å². The van der Waals surface area contributed by atoms with Crippen molar-refractivity contribution in [2.45, 2.75) is 57.0 Å². The molecule has 4 rings (SSSR count). The Hall–Kier alpha value is -1.09.